The summed E-state index contributed by atoms with van der Waals surface area (Å²) >= 11 is 6.70. The van der Waals surface area contributed by atoms with Crippen molar-refractivity contribution in [1.29, 1.82) is 0 Å². The largest absolute Gasteiger partial charge is 0.478 e. The molecule has 3 atom stereocenters. The molecule has 0 spiro atoms. The Hall–Kier alpha value is -4.30. The Morgan fingerprint density at radius 2 is 1.85 bits per heavy atom. The first-order valence-electron chi connectivity index (χ1n) is 12.9. The van der Waals surface area contributed by atoms with Gasteiger partial charge in [0.15, 0.2) is 11.6 Å². The van der Waals surface area contributed by atoms with E-state index < -0.39 is 28.9 Å². The highest BCUT2D eigenvalue weighted by Crippen LogP contribution is 2.41. The van der Waals surface area contributed by atoms with Crippen molar-refractivity contribution in [3.63, 3.8) is 0 Å². The zero-order valence-electron chi connectivity index (χ0n) is 21.5. The van der Waals surface area contributed by atoms with Crippen LogP contribution in [0.5, 0.6) is 0 Å². The van der Waals surface area contributed by atoms with E-state index in [2.05, 4.69) is 15.3 Å². The van der Waals surface area contributed by atoms with Crippen LogP contribution in [0, 0.1) is 11.6 Å². The molecule has 0 radical (unpaired) electrons. The van der Waals surface area contributed by atoms with Gasteiger partial charge in [-0.1, -0.05) is 68.0 Å². The van der Waals surface area contributed by atoms with Gasteiger partial charge in [0.25, 0.3) is 5.91 Å². The van der Waals surface area contributed by atoms with E-state index in [9.17, 15) is 23.5 Å². The van der Waals surface area contributed by atoms with Crippen molar-refractivity contribution in [2.45, 2.75) is 37.1 Å². The van der Waals surface area contributed by atoms with Crippen molar-refractivity contribution in [3.8, 4) is 0 Å². The van der Waals surface area contributed by atoms with Crippen LogP contribution in [0.2, 0.25) is 0 Å². The number of amides is 1. The van der Waals surface area contributed by atoms with Crippen molar-refractivity contribution in [1.82, 2.24) is 15.3 Å². The molecule has 3 N–H and O–H groups in total. The number of carbonyl (C=O) groups excluding carboxylic acids is 1. The standard InChI is InChI=1S/C31H26ClF2N3O3/c1-2-7-25(17-8-4-3-5-9-17)37-30(38)18-12-13-19(21(14-18)31(39)40)28-20(10-6-11-22(28)32)29-35-26-15-23(33)24(34)16-27(26)36-29/h3-6,8-16,22,25,28H,2,7H2,1H3,(H,35,36)(H,37,38)(H,39,40)/t22-,25+,28?/m0/s1. The number of halogens is 3. The van der Waals surface area contributed by atoms with Gasteiger partial charge in [-0.15, -0.1) is 11.6 Å². The molecule has 1 amide bonds. The van der Waals surface area contributed by atoms with E-state index in [1.807, 2.05) is 37.3 Å². The van der Waals surface area contributed by atoms with Gasteiger partial charge in [-0.3, -0.25) is 4.79 Å². The molecule has 1 heterocycles. The molecule has 40 heavy (non-hydrogen) atoms. The van der Waals surface area contributed by atoms with Gasteiger partial charge < -0.3 is 15.4 Å². The summed E-state index contributed by atoms with van der Waals surface area (Å²) in [4.78, 5) is 33.1. The molecule has 5 rings (SSSR count). The molecule has 204 valence electrons. The topological polar surface area (TPSA) is 95.1 Å². The van der Waals surface area contributed by atoms with E-state index in [4.69, 9.17) is 11.6 Å². The molecule has 1 aromatic heterocycles. The minimum atomic E-state index is -1.22. The third-order valence-corrected chi connectivity index (χ3v) is 7.38. The van der Waals surface area contributed by atoms with Crippen LogP contribution in [0.25, 0.3) is 16.6 Å². The molecule has 4 aromatic rings. The second-order valence-electron chi connectivity index (χ2n) is 9.63. The zero-order valence-corrected chi connectivity index (χ0v) is 22.3. The zero-order chi connectivity index (χ0) is 28.4. The number of benzene rings is 3. The SMILES string of the molecule is CCC[C@@H](NC(=O)c1ccc(C2C(c3nc4cc(F)c(F)cc4[nH]3)=CC=C[C@@H]2Cl)c(C(=O)O)c1)c1ccccc1. The molecule has 0 fully saturated rings. The predicted octanol–water partition coefficient (Wildman–Crippen LogP) is 7.15. The van der Waals surface area contributed by atoms with Crippen LogP contribution in [-0.4, -0.2) is 32.3 Å². The summed E-state index contributed by atoms with van der Waals surface area (Å²) in [6.45, 7) is 2.03. The molecular formula is C31H26ClF2N3O3. The van der Waals surface area contributed by atoms with Crippen molar-refractivity contribution in [3.05, 3.63) is 119 Å². The molecule has 3 aromatic carbocycles. The summed E-state index contributed by atoms with van der Waals surface area (Å²) < 4.78 is 27.6. The third kappa shape index (κ3) is 5.40. The number of hydrogen-bond donors (Lipinski definition) is 3. The molecule has 6 nitrogen and oxygen atoms in total. The fraction of sp³-hybridized carbons (Fsp3) is 0.194. The number of alkyl halides is 1. The highest BCUT2D eigenvalue weighted by Gasteiger charge is 2.32. The summed E-state index contributed by atoms with van der Waals surface area (Å²) in [6, 6.07) is 15.9. The maximum Gasteiger partial charge on any atom is 0.336 e. The molecule has 9 heteroatoms. The van der Waals surface area contributed by atoms with Gasteiger partial charge in [0.1, 0.15) is 5.82 Å². The number of carboxylic acid groups (broad SMARTS) is 1. The number of nitrogens with zero attached hydrogens (tertiary/aromatic N) is 1. The van der Waals surface area contributed by atoms with Crippen LogP contribution in [0.15, 0.2) is 78.9 Å². The quantitative estimate of drug-likeness (QED) is 0.199. The molecule has 1 aliphatic carbocycles. The summed E-state index contributed by atoms with van der Waals surface area (Å²) in [5.41, 5.74) is 2.53. The number of nitrogens with one attached hydrogen (secondary N) is 2. The number of hydrogen-bond acceptors (Lipinski definition) is 3. The lowest BCUT2D eigenvalue weighted by Gasteiger charge is -2.27. The van der Waals surface area contributed by atoms with Crippen LogP contribution < -0.4 is 5.32 Å². The molecule has 0 saturated carbocycles. The van der Waals surface area contributed by atoms with Gasteiger partial charge >= 0.3 is 5.97 Å². The fourth-order valence-corrected chi connectivity index (χ4v) is 5.41. The van der Waals surface area contributed by atoms with Gasteiger partial charge in [0.05, 0.1) is 28.0 Å². The molecule has 0 bridgehead atoms. The second kappa shape index (κ2) is 11.4. The van der Waals surface area contributed by atoms with Gasteiger partial charge in [-0.2, -0.15) is 0 Å². The number of carboxylic acids is 1. The van der Waals surface area contributed by atoms with E-state index in [-0.39, 0.29) is 28.6 Å². The summed E-state index contributed by atoms with van der Waals surface area (Å²) in [6.07, 6.45) is 6.75. The van der Waals surface area contributed by atoms with Crippen molar-refractivity contribution < 1.29 is 23.5 Å². The van der Waals surface area contributed by atoms with Crippen molar-refractivity contribution >= 4 is 40.1 Å². The first kappa shape index (κ1) is 27.3. The number of carbonyl (C=O) groups is 2. The van der Waals surface area contributed by atoms with Crippen LogP contribution in [0.4, 0.5) is 8.78 Å². The Balaban J connectivity index is 1.50. The normalized spacial score (nSPS) is 17.4. The minimum absolute atomic E-state index is 0.0792. The number of allylic oxidation sites excluding steroid dienone is 4. The Morgan fingerprint density at radius 1 is 1.10 bits per heavy atom. The summed E-state index contributed by atoms with van der Waals surface area (Å²) in [5, 5.41) is 12.5. The fourth-order valence-electron chi connectivity index (χ4n) is 5.05. The first-order valence-corrected chi connectivity index (χ1v) is 13.3. The average molecular weight is 562 g/mol. The molecule has 0 saturated heterocycles. The number of fused-ring (bicyclic) bond motifs is 1. The highest BCUT2D eigenvalue weighted by molar-refractivity contribution is 6.23. The number of aromatic amines is 1. The summed E-state index contributed by atoms with van der Waals surface area (Å²) in [7, 11) is 0. The Bertz CT molecular complexity index is 1610. The van der Waals surface area contributed by atoms with Crippen LogP contribution >= 0.6 is 11.6 Å². The van der Waals surface area contributed by atoms with Gasteiger partial charge in [-0.25, -0.2) is 18.6 Å². The number of H-pyrrole nitrogens is 1. The molecule has 0 aliphatic heterocycles. The van der Waals surface area contributed by atoms with E-state index in [0.29, 0.717) is 22.5 Å². The minimum Gasteiger partial charge on any atom is -0.478 e. The Kier molecular flexibility index (Phi) is 7.80. The molecule has 1 unspecified atom stereocenters. The maximum atomic E-state index is 13.8. The van der Waals surface area contributed by atoms with Crippen LogP contribution in [0.3, 0.4) is 0 Å². The van der Waals surface area contributed by atoms with Crippen molar-refractivity contribution in [2.75, 3.05) is 0 Å². The van der Waals surface area contributed by atoms with Crippen LogP contribution in [-0.2, 0) is 0 Å². The Morgan fingerprint density at radius 3 is 2.58 bits per heavy atom. The van der Waals surface area contributed by atoms with Crippen LogP contribution in [0.1, 0.15) is 69.4 Å². The lowest BCUT2D eigenvalue weighted by atomic mass is 9.81. The maximum absolute atomic E-state index is 13.8. The number of aromatic nitrogens is 2. The van der Waals surface area contributed by atoms with Gasteiger partial charge in [0.2, 0.25) is 0 Å². The average Bonchev–Trinajstić information content (AvgIpc) is 3.35. The van der Waals surface area contributed by atoms with E-state index >= 15 is 0 Å². The van der Waals surface area contributed by atoms with E-state index in [0.717, 1.165) is 30.5 Å². The van der Waals surface area contributed by atoms with E-state index in [1.54, 1.807) is 30.4 Å². The lowest BCUT2D eigenvalue weighted by molar-refractivity contribution is 0.0695. The monoisotopic (exact) mass is 561 g/mol. The van der Waals surface area contributed by atoms with E-state index in [1.165, 1.54) is 6.07 Å². The predicted molar refractivity (Wildman–Crippen MR) is 150 cm³/mol. The van der Waals surface area contributed by atoms with Gasteiger partial charge in [-0.05, 0) is 29.7 Å². The van der Waals surface area contributed by atoms with Crippen molar-refractivity contribution in [2.24, 2.45) is 0 Å². The highest BCUT2D eigenvalue weighted by atomic mass is 35.5. The smallest absolute Gasteiger partial charge is 0.336 e. The summed E-state index contributed by atoms with van der Waals surface area (Å²) in [5.74, 6) is -4.00. The third-order valence-electron chi connectivity index (χ3n) is 6.99. The lowest BCUT2D eigenvalue weighted by Crippen LogP contribution is -2.29. The number of rotatable bonds is 8. The number of aromatic carboxylic acids is 1. The second-order valence-corrected chi connectivity index (χ2v) is 10.1. The molecular weight excluding hydrogens is 536 g/mol. The Labute approximate surface area is 234 Å². The first-order chi connectivity index (χ1) is 19.3. The van der Waals surface area contributed by atoms with Gasteiger partial charge in [0, 0.05) is 29.2 Å². The molecule has 1 aliphatic rings. The number of imidazole rings is 1.